The molecule has 3 nitrogen and oxygen atoms in total. The molecule has 0 N–H and O–H groups in total. The van der Waals surface area contributed by atoms with E-state index < -0.39 is 0 Å². The lowest BCUT2D eigenvalue weighted by Crippen LogP contribution is -2.43. The molecule has 0 unspecified atom stereocenters. The lowest BCUT2D eigenvalue weighted by Gasteiger charge is -2.42. The van der Waals surface area contributed by atoms with Gasteiger partial charge in [0.15, 0.2) is 5.16 Å². The van der Waals surface area contributed by atoms with E-state index in [0.29, 0.717) is 6.54 Å². The molecule has 0 atom stereocenters. The second-order valence-corrected chi connectivity index (χ2v) is 10.1. The summed E-state index contributed by atoms with van der Waals surface area (Å²) in [5, 5.41) is 1.55. The molecule has 0 amide bonds. The molecule has 160 valence electrons. The van der Waals surface area contributed by atoms with Crippen molar-refractivity contribution in [3.8, 4) is 11.3 Å². The highest BCUT2D eigenvalue weighted by Gasteiger charge is 2.43. The van der Waals surface area contributed by atoms with Gasteiger partial charge in [-0.05, 0) is 49.4 Å². The van der Waals surface area contributed by atoms with Crippen LogP contribution in [0.5, 0.6) is 0 Å². The van der Waals surface area contributed by atoms with E-state index in [2.05, 4.69) is 24.3 Å². The third kappa shape index (κ3) is 3.74. The van der Waals surface area contributed by atoms with Gasteiger partial charge in [-0.15, -0.1) is 0 Å². The number of hydrogen-bond acceptors (Lipinski definition) is 3. The minimum Gasteiger partial charge on any atom is -0.288 e. The minimum absolute atomic E-state index is 0.0533. The molecule has 31 heavy (non-hydrogen) atoms. The molecule has 1 heterocycles. The molecule has 1 saturated carbocycles. The molecule has 0 radical (unpaired) electrons. The van der Waals surface area contributed by atoms with E-state index in [1.54, 1.807) is 11.8 Å². The molecular formula is C26H27ClN2OS. The van der Waals surface area contributed by atoms with Crippen molar-refractivity contribution in [2.75, 3.05) is 0 Å². The Morgan fingerprint density at radius 2 is 1.81 bits per heavy atom. The highest BCUT2D eigenvalue weighted by molar-refractivity contribution is 7.98. The fourth-order valence-electron chi connectivity index (χ4n) is 5.34. The van der Waals surface area contributed by atoms with Crippen molar-refractivity contribution in [1.82, 2.24) is 9.55 Å². The molecular weight excluding hydrogens is 424 g/mol. The maximum atomic E-state index is 13.9. The average molecular weight is 451 g/mol. The molecule has 1 aromatic heterocycles. The van der Waals surface area contributed by atoms with Crippen LogP contribution in [0.3, 0.4) is 0 Å². The Morgan fingerprint density at radius 1 is 1.06 bits per heavy atom. The summed E-state index contributed by atoms with van der Waals surface area (Å²) in [6.45, 7) is 2.69. The molecule has 2 aromatic carbocycles. The third-order valence-corrected chi connectivity index (χ3v) is 8.17. The van der Waals surface area contributed by atoms with E-state index in [4.69, 9.17) is 16.6 Å². The van der Waals surface area contributed by atoms with E-state index in [0.717, 1.165) is 52.0 Å². The van der Waals surface area contributed by atoms with Gasteiger partial charge in [0.2, 0.25) is 0 Å². The van der Waals surface area contributed by atoms with Crippen molar-refractivity contribution in [3.05, 3.63) is 80.6 Å². The van der Waals surface area contributed by atoms with Crippen molar-refractivity contribution >= 4 is 23.4 Å². The maximum absolute atomic E-state index is 13.9. The summed E-state index contributed by atoms with van der Waals surface area (Å²) in [5.41, 5.74) is 5.67. The van der Waals surface area contributed by atoms with Crippen LogP contribution in [-0.4, -0.2) is 9.55 Å². The van der Waals surface area contributed by atoms with Crippen LogP contribution >= 0.6 is 23.4 Å². The Labute approximate surface area is 192 Å². The van der Waals surface area contributed by atoms with Crippen LogP contribution in [0.2, 0.25) is 5.02 Å². The molecule has 1 fully saturated rings. The van der Waals surface area contributed by atoms with Crippen LogP contribution < -0.4 is 5.56 Å². The molecule has 5 rings (SSSR count). The van der Waals surface area contributed by atoms with Crippen LogP contribution in [0.25, 0.3) is 11.3 Å². The number of thioether (sulfide) groups is 1. The second kappa shape index (κ2) is 8.48. The van der Waals surface area contributed by atoms with Gasteiger partial charge in [-0.2, -0.15) is 0 Å². The third-order valence-electron chi connectivity index (χ3n) is 6.87. The summed E-state index contributed by atoms with van der Waals surface area (Å²) in [5.74, 6) is 0.759. The van der Waals surface area contributed by atoms with Gasteiger partial charge in [0.05, 0.1) is 11.3 Å². The van der Waals surface area contributed by atoms with Gasteiger partial charge in [-0.1, -0.05) is 79.0 Å². The minimum atomic E-state index is -0.0533. The number of rotatable bonds is 4. The number of aromatic nitrogens is 2. The number of nitrogens with zero attached hydrogens (tertiary/aromatic N) is 2. The molecule has 5 heteroatoms. The molecule has 2 aliphatic carbocycles. The van der Waals surface area contributed by atoms with Gasteiger partial charge in [0.25, 0.3) is 5.56 Å². The summed E-state index contributed by atoms with van der Waals surface area (Å²) in [7, 11) is 0. The first kappa shape index (κ1) is 20.8. The molecule has 3 aromatic rings. The van der Waals surface area contributed by atoms with Crippen LogP contribution in [0.4, 0.5) is 0 Å². The monoisotopic (exact) mass is 450 g/mol. The van der Waals surface area contributed by atoms with Gasteiger partial charge in [0.1, 0.15) is 0 Å². The van der Waals surface area contributed by atoms with Crippen molar-refractivity contribution < 1.29 is 0 Å². The van der Waals surface area contributed by atoms with Crippen molar-refractivity contribution in [2.24, 2.45) is 0 Å². The SMILES string of the molecule is CCn1c(SCc2ccc(Cl)cc2)nc2c(c1=O)C1(CCCCC1)Cc1ccccc1-2. The zero-order valence-corrected chi connectivity index (χ0v) is 19.4. The molecule has 2 aliphatic rings. The molecule has 0 aliphatic heterocycles. The largest absolute Gasteiger partial charge is 0.288 e. The Hall–Kier alpha value is -2.04. The topological polar surface area (TPSA) is 34.9 Å². The smallest absolute Gasteiger partial charge is 0.258 e. The lowest BCUT2D eigenvalue weighted by molar-refractivity contribution is 0.282. The molecule has 0 bridgehead atoms. The van der Waals surface area contributed by atoms with Crippen LogP contribution in [0.1, 0.15) is 55.7 Å². The number of hydrogen-bond donors (Lipinski definition) is 0. The van der Waals surface area contributed by atoms with Crippen molar-refractivity contribution in [3.63, 3.8) is 0 Å². The standard InChI is InChI=1S/C26H27ClN2OS/c1-2-29-24(30)22-23(28-25(29)31-17-18-10-12-20(27)13-11-18)21-9-5-4-8-19(21)16-26(22)14-6-3-7-15-26/h4-5,8-13H,2-3,6-7,14-17H2,1H3. The number of benzene rings is 2. The van der Waals surface area contributed by atoms with E-state index in [1.165, 1.54) is 30.4 Å². The van der Waals surface area contributed by atoms with Crippen LogP contribution in [0, 0.1) is 0 Å². The summed E-state index contributed by atoms with van der Waals surface area (Å²) in [6.07, 6.45) is 6.80. The maximum Gasteiger partial charge on any atom is 0.258 e. The Kier molecular flexibility index (Phi) is 5.70. The van der Waals surface area contributed by atoms with Gasteiger partial charge >= 0.3 is 0 Å². The summed E-state index contributed by atoms with van der Waals surface area (Å²) < 4.78 is 1.89. The van der Waals surface area contributed by atoms with Crippen LogP contribution in [0.15, 0.2) is 58.5 Å². The first-order valence-corrected chi connectivity index (χ1v) is 12.6. The fourth-order valence-corrected chi connectivity index (χ4v) is 6.48. The van der Waals surface area contributed by atoms with Crippen molar-refractivity contribution in [2.45, 2.75) is 68.3 Å². The summed E-state index contributed by atoms with van der Waals surface area (Å²) in [6, 6.07) is 16.4. The van der Waals surface area contributed by atoms with Crippen LogP contribution in [-0.2, 0) is 24.1 Å². The fraction of sp³-hybridized carbons (Fsp3) is 0.385. The summed E-state index contributed by atoms with van der Waals surface area (Å²) >= 11 is 7.67. The Balaban J connectivity index is 1.63. The predicted molar refractivity (Wildman–Crippen MR) is 129 cm³/mol. The Bertz CT molecular complexity index is 1160. The lowest BCUT2D eigenvalue weighted by atomic mass is 9.62. The normalized spacial score (nSPS) is 16.7. The summed E-state index contributed by atoms with van der Waals surface area (Å²) in [4.78, 5) is 19.1. The first-order valence-electron chi connectivity index (χ1n) is 11.2. The second-order valence-electron chi connectivity index (χ2n) is 8.76. The Morgan fingerprint density at radius 3 is 2.55 bits per heavy atom. The molecule has 1 spiro atoms. The van der Waals surface area contributed by atoms with Gasteiger partial charge in [-0.25, -0.2) is 4.98 Å². The van der Waals surface area contributed by atoms with E-state index in [9.17, 15) is 4.79 Å². The molecule has 0 saturated heterocycles. The van der Waals surface area contributed by atoms with E-state index in [1.807, 2.05) is 35.8 Å². The van der Waals surface area contributed by atoms with Gasteiger partial charge in [-0.3, -0.25) is 9.36 Å². The van der Waals surface area contributed by atoms with E-state index >= 15 is 0 Å². The van der Waals surface area contributed by atoms with Crippen molar-refractivity contribution in [1.29, 1.82) is 0 Å². The zero-order valence-electron chi connectivity index (χ0n) is 17.9. The highest BCUT2D eigenvalue weighted by Crippen LogP contribution is 2.48. The number of halogens is 1. The average Bonchev–Trinajstić information content (AvgIpc) is 2.79. The quantitative estimate of drug-likeness (QED) is 0.330. The van der Waals surface area contributed by atoms with Gasteiger partial charge < -0.3 is 0 Å². The van der Waals surface area contributed by atoms with E-state index in [-0.39, 0.29) is 11.0 Å². The first-order chi connectivity index (χ1) is 15.1. The predicted octanol–water partition coefficient (Wildman–Crippen LogP) is 6.63. The number of fused-ring (bicyclic) bond motifs is 4. The zero-order chi connectivity index (χ0) is 21.4. The highest BCUT2D eigenvalue weighted by atomic mass is 35.5. The van der Waals surface area contributed by atoms with Gasteiger partial charge in [0, 0.05) is 28.3 Å².